The molecule has 4 heteroatoms. The van der Waals surface area contributed by atoms with Crippen LogP contribution in [0.4, 0.5) is 0 Å². The Kier molecular flexibility index (Phi) is 5.77. The van der Waals surface area contributed by atoms with E-state index in [0.717, 1.165) is 12.8 Å². The van der Waals surface area contributed by atoms with Crippen LogP contribution in [0.2, 0.25) is 0 Å². The number of carbonyl (C=O) groups excluding carboxylic acids is 1. The fourth-order valence-electron chi connectivity index (χ4n) is 2.73. The van der Waals surface area contributed by atoms with Gasteiger partial charge in [-0.1, -0.05) is 31.6 Å². The summed E-state index contributed by atoms with van der Waals surface area (Å²) in [5.74, 6) is 6.34. The standard InChI is InChI=1S/C17H22N2O2/c1-13-5-4-7-15(11-13)19-17(21)16-8-9-18-12-14(16)6-2-3-10-20/h8-9,12-13,15,20H,3-5,7,10-11H2,1H3,(H,19,21). The van der Waals surface area contributed by atoms with Crippen molar-refractivity contribution in [2.75, 3.05) is 6.61 Å². The van der Waals surface area contributed by atoms with Crippen LogP contribution in [-0.2, 0) is 0 Å². The molecule has 1 aliphatic rings. The summed E-state index contributed by atoms with van der Waals surface area (Å²) < 4.78 is 0. The van der Waals surface area contributed by atoms with Crippen molar-refractivity contribution in [3.8, 4) is 11.8 Å². The third-order valence-electron chi connectivity index (χ3n) is 3.80. The minimum absolute atomic E-state index is 0.0226. The highest BCUT2D eigenvalue weighted by Crippen LogP contribution is 2.23. The molecule has 2 rings (SSSR count). The fourth-order valence-corrected chi connectivity index (χ4v) is 2.73. The number of aliphatic hydroxyl groups excluding tert-OH is 1. The number of carbonyl (C=O) groups is 1. The van der Waals surface area contributed by atoms with Gasteiger partial charge in [-0.25, -0.2) is 0 Å². The molecule has 0 aliphatic heterocycles. The number of nitrogens with one attached hydrogen (secondary N) is 1. The Labute approximate surface area is 126 Å². The monoisotopic (exact) mass is 286 g/mol. The zero-order chi connectivity index (χ0) is 15.1. The summed E-state index contributed by atoms with van der Waals surface area (Å²) in [6, 6.07) is 1.96. The van der Waals surface area contributed by atoms with Gasteiger partial charge in [0.2, 0.25) is 0 Å². The normalized spacial score (nSPS) is 21.2. The van der Waals surface area contributed by atoms with Crippen LogP contribution in [0.1, 0.15) is 54.9 Å². The fraction of sp³-hybridized carbons (Fsp3) is 0.529. The summed E-state index contributed by atoms with van der Waals surface area (Å²) in [6.45, 7) is 2.26. The lowest BCUT2D eigenvalue weighted by Crippen LogP contribution is -2.38. The third-order valence-corrected chi connectivity index (χ3v) is 3.80. The SMILES string of the molecule is CC1CCCC(NC(=O)c2ccncc2C#CCCO)C1. The first-order valence-electron chi connectivity index (χ1n) is 7.55. The number of aliphatic hydroxyl groups is 1. The molecule has 1 aromatic heterocycles. The molecule has 1 heterocycles. The molecule has 0 aromatic carbocycles. The zero-order valence-corrected chi connectivity index (χ0v) is 12.4. The molecule has 2 N–H and O–H groups in total. The van der Waals surface area contributed by atoms with E-state index in [2.05, 4.69) is 29.1 Å². The molecule has 2 atom stereocenters. The van der Waals surface area contributed by atoms with E-state index >= 15 is 0 Å². The van der Waals surface area contributed by atoms with Crippen LogP contribution in [0.5, 0.6) is 0 Å². The predicted molar refractivity (Wildman–Crippen MR) is 81.7 cm³/mol. The van der Waals surface area contributed by atoms with Gasteiger partial charge in [0.25, 0.3) is 5.91 Å². The van der Waals surface area contributed by atoms with Gasteiger partial charge in [0, 0.05) is 24.9 Å². The van der Waals surface area contributed by atoms with E-state index in [1.54, 1.807) is 18.5 Å². The molecule has 1 aromatic rings. The summed E-state index contributed by atoms with van der Waals surface area (Å²) in [7, 11) is 0. The first-order chi connectivity index (χ1) is 10.2. The molecule has 2 unspecified atom stereocenters. The Morgan fingerprint density at radius 1 is 1.52 bits per heavy atom. The van der Waals surface area contributed by atoms with E-state index in [9.17, 15) is 4.79 Å². The molecular weight excluding hydrogens is 264 g/mol. The van der Waals surface area contributed by atoms with Gasteiger partial charge in [0.15, 0.2) is 0 Å². The van der Waals surface area contributed by atoms with Crippen LogP contribution in [-0.4, -0.2) is 28.6 Å². The number of rotatable bonds is 3. The van der Waals surface area contributed by atoms with Gasteiger partial charge in [0.1, 0.15) is 0 Å². The molecule has 0 radical (unpaired) electrons. The maximum absolute atomic E-state index is 12.4. The van der Waals surface area contributed by atoms with E-state index in [1.807, 2.05) is 0 Å². The first-order valence-corrected chi connectivity index (χ1v) is 7.55. The number of hydrogen-bond donors (Lipinski definition) is 2. The lowest BCUT2D eigenvalue weighted by molar-refractivity contribution is 0.0921. The van der Waals surface area contributed by atoms with Gasteiger partial charge < -0.3 is 10.4 Å². The average Bonchev–Trinajstić information content (AvgIpc) is 2.48. The first kappa shape index (κ1) is 15.5. The highest BCUT2D eigenvalue weighted by Gasteiger charge is 2.21. The Bertz CT molecular complexity index is 545. The number of hydrogen-bond acceptors (Lipinski definition) is 3. The summed E-state index contributed by atoms with van der Waals surface area (Å²) >= 11 is 0. The minimum atomic E-state index is -0.0789. The van der Waals surface area contributed by atoms with Crippen molar-refractivity contribution >= 4 is 5.91 Å². The average molecular weight is 286 g/mol. The molecule has 112 valence electrons. The molecule has 4 nitrogen and oxygen atoms in total. The van der Waals surface area contributed by atoms with Gasteiger partial charge >= 0.3 is 0 Å². The second kappa shape index (κ2) is 7.80. The molecule has 0 spiro atoms. The number of aromatic nitrogens is 1. The lowest BCUT2D eigenvalue weighted by atomic mass is 9.87. The van der Waals surface area contributed by atoms with Crippen LogP contribution < -0.4 is 5.32 Å². The van der Waals surface area contributed by atoms with Crippen molar-refractivity contribution in [1.29, 1.82) is 0 Å². The predicted octanol–water partition coefficient (Wildman–Crippen LogP) is 2.12. The van der Waals surface area contributed by atoms with Gasteiger partial charge in [-0.3, -0.25) is 9.78 Å². The zero-order valence-electron chi connectivity index (χ0n) is 12.4. The molecular formula is C17H22N2O2. The summed E-state index contributed by atoms with van der Waals surface area (Å²) in [4.78, 5) is 16.4. The van der Waals surface area contributed by atoms with Gasteiger partial charge in [-0.2, -0.15) is 0 Å². The smallest absolute Gasteiger partial charge is 0.252 e. The van der Waals surface area contributed by atoms with Crippen molar-refractivity contribution in [3.05, 3.63) is 29.6 Å². The summed E-state index contributed by atoms with van der Waals surface area (Å²) in [5, 5.41) is 11.9. The number of pyridine rings is 1. The molecule has 1 amide bonds. The van der Waals surface area contributed by atoms with Crippen molar-refractivity contribution in [2.24, 2.45) is 5.92 Å². The molecule has 1 fully saturated rings. The van der Waals surface area contributed by atoms with E-state index in [4.69, 9.17) is 5.11 Å². The minimum Gasteiger partial charge on any atom is -0.395 e. The molecule has 1 saturated carbocycles. The van der Waals surface area contributed by atoms with Gasteiger partial charge in [-0.15, -0.1) is 0 Å². The van der Waals surface area contributed by atoms with Crippen LogP contribution in [0.15, 0.2) is 18.5 Å². The Morgan fingerprint density at radius 3 is 3.14 bits per heavy atom. The second-order valence-electron chi connectivity index (χ2n) is 5.64. The molecule has 1 aliphatic carbocycles. The Balaban J connectivity index is 2.07. The van der Waals surface area contributed by atoms with Crippen LogP contribution in [0, 0.1) is 17.8 Å². The number of amides is 1. The second-order valence-corrected chi connectivity index (χ2v) is 5.64. The largest absolute Gasteiger partial charge is 0.395 e. The van der Waals surface area contributed by atoms with Crippen molar-refractivity contribution in [3.63, 3.8) is 0 Å². The third kappa shape index (κ3) is 4.57. The quantitative estimate of drug-likeness (QED) is 0.837. The Hall–Kier alpha value is -1.86. The van der Waals surface area contributed by atoms with E-state index < -0.39 is 0 Å². The van der Waals surface area contributed by atoms with E-state index in [-0.39, 0.29) is 18.6 Å². The highest BCUT2D eigenvalue weighted by molar-refractivity contribution is 5.96. The van der Waals surface area contributed by atoms with Gasteiger partial charge in [-0.05, 0) is 24.8 Å². The van der Waals surface area contributed by atoms with Crippen molar-refractivity contribution in [1.82, 2.24) is 10.3 Å². The maximum atomic E-state index is 12.4. The van der Waals surface area contributed by atoms with E-state index in [1.165, 1.54) is 12.8 Å². The molecule has 0 bridgehead atoms. The number of nitrogens with zero attached hydrogens (tertiary/aromatic N) is 1. The Morgan fingerprint density at radius 2 is 2.38 bits per heavy atom. The topological polar surface area (TPSA) is 62.2 Å². The van der Waals surface area contributed by atoms with Gasteiger partial charge in [0.05, 0.1) is 17.7 Å². The summed E-state index contributed by atoms with van der Waals surface area (Å²) in [5.41, 5.74) is 1.18. The maximum Gasteiger partial charge on any atom is 0.252 e. The van der Waals surface area contributed by atoms with E-state index in [0.29, 0.717) is 23.5 Å². The molecule has 0 saturated heterocycles. The highest BCUT2D eigenvalue weighted by atomic mass is 16.2. The van der Waals surface area contributed by atoms with Crippen molar-refractivity contribution in [2.45, 2.75) is 45.1 Å². The van der Waals surface area contributed by atoms with Crippen LogP contribution in [0.25, 0.3) is 0 Å². The summed E-state index contributed by atoms with van der Waals surface area (Å²) in [6.07, 6.45) is 8.12. The molecule has 21 heavy (non-hydrogen) atoms. The van der Waals surface area contributed by atoms with Crippen LogP contribution >= 0.6 is 0 Å². The van der Waals surface area contributed by atoms with Crippen molar-refractivity contribution < 1.29 is 9.90 Å². The van der Waals surface area contributed by atoms with Crippen LogP contribution in [0.3, 0.4) is 0 Å². The lowest BCUT2D eigenvalue weighted by Gasteiger charge is -2.27.